The van der Waals surface area contributed by atoms with Crippen LogP contribution in [-0.4, -0.2) is 39.1 Å². The molecule has 3 heterocycles. The summed E-state index contributed by atoms with van der Waals surface area (Å²) in [6.07, 6.45) is 8.50. The van der Waals surface area contributed by atoms with E-state index in [0.717, 1.165) is 59.8 Å². The van der Waals surface area contributed by atoms with Crippen molar-refractivity contribution in [2.24, 2.45) is 16.1 Å². The molecule has 3 atom stereocenters. The van der Waals surface area contributed by atoms with Gasteiger partial charge in [-0.15, -0.1) is 21.8 Å². The van der Waals surface area contributed by atoms with E-state index in [1.54, 1.807) is 6.08 Å². The minimum atomic E-state index is -0.364. The smallest absolute Gasteiger partial charge is 0.320 e. The highest BCUT2D eigenvalue weighted by molar-refractivity contribution is 6.17. The predicted octanol–water partition coefficient (Wildman–Crippen LogP) is 7.72. The molecule has 0 saturated carbocycles. The number of amidine groups is 1. The maximum atomic E-state index is 13.5. The fourth-order valence-electron chi connectivity index (χ4n) is 6.33. The van der Waals surface area contributed by atoms with Gasteiger partial charge in [0.05, 0.1) is 17.9 Å². The highest BCUT2D eigenvalue weighted by Crippen LogP contribution is 2.39. The lowest BCUT2D eigenvalue weighted by atomic mass is 9.85. The summed E-state index contributed by atoms with van der Waals surface area (Å²) in [5.74, 6) is 2.32. The highest BCUT2D eigenvalue weighted by atomic mass is 35.5. The van der Waals surface area contributed by atoms with Crippen molar-refractivity contribution in [2.75, 3.05) is 11.4 Å². The summed E-state index contributed by atoms with van der Waals surface area (Å²) in [5.41, 5.74) is 11.2. The molecule has 2 aliphatic rings. The van der Waals surface area contributed by atoms with Gasteiger partial charge in [-0.2, -0.15) is 0 Å². The molecular weight excluding hydrogens is 624 g/mol. The first kappa shape index (κ1) is 33.3. The third kappa shape index (κ3) is 7.59. The van der Waals surface area contributed by atoms with Crippen molar-refractivity contribution in [1.29, 1.82) is 0 Å². The van der Waals surface area contributed by atoms with Gasteiger partial charge in [-0.3, -0.25) is 9.72 Å². The van der Waals surface area contributed by atoms with E-state index in [2.05, 4.69) is 44.8 Å². The lowest BCUT2D eigenvalue weighted by molar-refractivity contribution is 0.171. The number of carbonyl (C=O) groups is 1. The predicted molar refractivity (Wildman–Crippen MR) is 192 cm³/mol. The van der Waals surface area contributed by atoms with Gasteiger partial charge in [-0.25, -0.2) is 9.79 Å². The summed E-state index contributed by atoms with van der Waals surface area (Å²) in [4.78, 5) is 20.5. The molecule has 252 valence electrons. The number of piperidine rings is 1. The number of pyridine rings is 1. The number of nitrogens with zero attached hydrogens (tertiary/aromatic N) is 5. The van der Waals surface area contributed by atoms with E-state index >= 15 is 0 Å². The third-order valence-electron chi connectivity index (χ3n) is 9.15. The molecule has 2 amide bonds. The Morgan fingerprint density at radius 1 is 1.06 bits per heavy atom. The molecule has 0 spiro atoms. The Bertz CT molecular complexity index is 1830. The van der Waals surface area contributed by atoms with Gasteiger partial charge in [0.2, 0.25) is 5.95 Å². The Kier molecular flexibility index (Phi) is 9.91. The van der Waals surface area contributed by atoms with Gasteiger partial charge in [0.25, 0.3) is 0 Å². The van der Waals surface area contributed by atoms with Crippen LogP contribution in [0.4, 0.5) is 16.4 Å². The lowest BCUT2D eigenvalue weighted by Gasteiger charge is -2.33. The zero-order valence-electron chi connectivity index (χ0n) is 28.1. The topological polar surface area (TPSA) is 122 Å². The fraction of sp³-hybridized carbons (Fsp3) is 0.405. The standard InChI is InChI=1S/C37H45ClN8O2/c1-24-10-7-8-19-45(24)36-44-43-34-18-15-27(23-46(34)36)48-31-17-16-30(28-13-5-6-14-29(28)31)41-35(47)42-33(21-32(39)37(2,3)4)40-26-12-9-11-25(20-26)22-38/h5-6,9,11-15,18,20-21,23-24,30-31H,7-8,10,16-17,19,22,39H2,1-4H3,(H2,40,41,42,47)/t24-,30-,31+/m0/s1. The zero-order chi connectivity index (χ0) is 33.8. The van der Waals surface area contributed by atoms with E-state index in [1.165, 1.54) is 6.42 Å². The van der Waals surface area contributed by atoms with Gasteiger partial charge < -0.3 is 20.7 Å². The van der Waals surface area contributed by atoms with Gasteiger partial charge in [0.15, 0.2) is 5.65 Å². The average Bonchev–Trinajstić information content (AvgIpc) is 3.48. The van der Waals surface area contributed by atoms with Crippen molar-refractivity contribution in [1.82, 2.24) is 25.2 Å². The molecule has 1 fully saturated rings. The molecule has 1 saturated heterocycles. The molecule has 48 heavy (non-hydrogen) atoms. The molecule has 1 aliphatic heterocycles. The Balaban J connectivity index is 1.19. The van der Waals surface area contributed by atoms with Gasteiger partial charge in [0, 0.05) is 35.7 Å². The van der Waals surface area contributed by atoms with Gasteiger partial charge in [0.1, 0.15) is 17.7 Å². The van der Waals surface area contributed by atoms with E-state index in [1.807, 2.05) is 79.9 Å². The normalized spacial score (nSPS) is 20.4. The van der Waals surface area contributed by atoms with Crippen LogP contribution in [0.25, 0.3) is 5.65 Å². The summed E-state index contributed by atoms with van der Waals surface area (Å²) in [7, 11) is 0. The molecule has 1 aliphatic carbocycles. The number of alkyl halides is 1. The first-order valence-electron chi connectivity index (χ1n) is 16.7. The molecule has 4 aromatic rings. The number of aromatic nitrogens is 3. The van der Waals surface area contributed by atoms with Gasteiger partial charge in [-0.05, 0) is 80.0 Å². The fourth-order valence-corrected chi connectivity index (χ4v) is 6.49. The molecule has 11 heteroatoms. The molecule has 0 radical (unpaired) electrons. The highest BCUT2D eigenvalue weighted by Gasteiger charge is 2.30. The molecule has 6 rings (SSSR count). The van der Waals surface area contributed by atoms with Crippen molar-refractivity contribution < 1.29 is 9.53 Å². The molecule has 0 unspecified atom stereocenters. The number of rotatable bonds is 7. The minimum Gasteiger partial charge on any atom is -0.484 e. The summed E-state index contributed by atoms with van der Waals surface area (Å²) in [6, 6.07) is 19.5. The molecular formula is C37H45ClN8O2. The number of amides is 2. The number of carbonyl (C=O) groups excluding carboxylic acids is 1. The van der Waals surface area contributed by atoms with Crippen LogP contribution in [0, 0.1) is 5.41 Å². The van der Waals surface area contributed by atoms with Crippen LogP contribution in [0.3, 0.4) is 0 Å². The number of anilines is 1. The van der Waals surface area contributed by atoms with Gasteiger partial charge in [-0.1, -0.05) is 57.2 Å². The molecule has 4 N–H and O–H groups in total. The summed E-state index contributed by atoms with van der Waals surface area (Å²) >= 11 is 6.05. The maximum absolute atomic E-state index is 13.5. The monoisotopic (exact) mass is 668 g/mol. The van der Waals surface area contributed by atoms with Crippen molar-refractivity contribution in [2.45, 2.75) is 83.9 Å². The number of ether oxygens (including phenoxy) is 1. The quantitative estimate of drug-likeness (QED) is 0.105. The van der Waals surface area contributed by atoms with Crippen LogP contribution in [0.2, 0.25) is 0 Å². The van der Waals surface area contributed by atoms with Crippen LogP contribution in [-0.2, 0) is 5.88 Å². The SMILES string of the molecule is C[C@H]1CCCCN1c1nnc2ccc(O[C@@H]3CC[C@H](NC(=O)NC(C=C(N)C(C)(C)C)=Nc4cccc(CCl)c4)c4ccccc43)cn12. The Morgan fingerprint density at radius 2 is 1.88 bits per heavy atom. The van der Waals surface area contributed by atoms with E-state index < -0.39 is 0 Å². The van der Waals surface area contributed by atoms with Crippen molar-refractivity contribution in [3.05, 3.63) is 95.3 Å². The Labute approximate surface area is 287 Å². The zero-order valence-corrected chi connectivity index (χ0v) is 28.9. The number of hydrogen-bond donors (Lipinski definition) is 3. The van der Waals surface area contributed by atoms with Crippen LogP contribution in [0.1, 0.15) is 88.6 Å². The summed E-state index contributed by atoms with van der Waals surface area (Å²) in [6.45, 7) is 9.26. The van der Waals surface area contributed by atoms with Crippen LogP contribution >= 0.6 is 11.6 Å². The number of fused-ring (bicyclic) bond motifs is 2. The number of allylic oxidation sites excluding steroid dienone is 1. The number of urea groups is 1. The lowest BCUT2D eigenvalue weighted by Crippen LogP contribution is -2.42. The first-order chi connectivity index (χ1) is 23.1. The van der Waals surface area contributed by atoms with Crippen LogP contribution < -0.4 is 26.0 Å². The van der Waals surface area contributed by atoms with Crippen molar-refractivity contribution >= 4 is 40.8 Å². The van der Waals surface area contributed by atoms with Crippen molar-refractivity contribution in [3.63, 3.8) is 0 Å². The van der Waals surface area contributed by atoms with E-state index in [9.17, 15) is 4.79 Å². The third-order valence-corrected chi connectivity index (χ3v) is 9.46. The minimum absolute atomic E-state index is 0.172. The number of nitrogens with one attached hydrogen (secondary N) is 2. The maximum Gasteiger partial charge on any atom is 0.320 e. The molecule has 10 nitrogen and oxygen atoms in total. The van der Waals surface area contributed by atoms with E-state index in [4.69, 9.17) is 27.1 Å². The second-order valence-corrected chi connectivity index (χ2v) is 14.0. The number of nitrogens with two attached hydrogens (primary N) is 1. The molecule has 2 aromatic carbocycles. The number of aliphatic imine (C=N–C) groups is 1. The summed E-state index contributed by atoms with van der Waals surface area (Å²) < 4.78 is 8.67. The Hall–Kier alpha value is -4.57. The number of halogens is 1. The van der Waals surface area contributed by atoms with E-state index in [0.29, 0.717) is 35.6 Å². The average molecular weight is 669 g/mol. The largest absolute Gasteiger partial charge is 0.484 e. The number of benzene rings is 2. The second kappa shape index (κ2) is 14.3. The first-order valence-corrected chi connectivity index (χ1v) is 17.3. The second-order valence-electron chi connectivity index (χ2n) is 13.7. The summed E-state index contributed by atoms with van der Waals surface area (Å²) in [5, 5.41) is 15.1. The Morgan fingerprint density at radius 3 is 2.65 bits per heavy atom. The molecule has 0 bridgehead atoms. The number of hydrogen-bond acceptors (Lipinski definition) is 7. The van der Waals surface area contributed by atoms with Crippen molar-refractivity contribution in [3.8, 4) is 5.75 Å². The van der Waals surface area contributed by atoms with Crippen LogP contribution in [0.15, 0.2) is 83.6 Å². The van der Waals surface area contributed by atoms with E-state index in [-0.39, 0.29) is 23.6 Å². The molecule has 2 aromatic heterocycles. The van der Waals surface area contributed by atoms with Gasteiger partial charge >= 0.3 is 6.03 Å². The van der Waals surface area contributed by atoms with Crippen LogP contribution in [0.5, 0.6) is 5.75 Å².